The van der Waals surface area contributed by atoms with E-state index in [1.165, 1.54) is 24.1 Å². The zero-order chi connectivity index (χ0) is 33.3. The standard InChI is InChI=1S/C35H37BrClN3O5S/c1-4-20-38-35(42)32(21-26-10-6-5-7-11-26)39(23-27-12-8-9-13-31(27)37)34(41)24-40(28-16-14-25(2)15-17-28)46(43,44)29-18-19-33(45-3)30(36)22-29/h5-19,22,32H,4,20-21,23-24H2,1-3H3,(H,38,42). The number of carbonyl (C=O) groups excluding carboxylic acids is 2. The van der Waals surface area contributed by atoms with Crippen LogP contribution in [-0.2, 0) is 32.6 Å². The van der Waals surface area contributed by atoms with Crippen molar-refractivity contribution in [2.75, 3.05) is 24.5 Å². The van der Waals surface area contributed by atoms with Gasteiger partial charge in [0.25, 0.3) is 10.0 Å². The zero-order valence-corrected chi connectivity index (χ0v) is 29.1. The minimum Gasteiger partial charge on any atom is -0.496 e. The van der Waals surface area contributed by atoms with Gasteiger partial charge in [0.1, 0.15) is 18.3 Å². The van der Waals surface area contributed by atoms with Gasteiger partial charge in [0, 0.05) is 24.5 Å². The molecule has 0 aromatic heterocycles. The molecule has 4 rings (SSSR count). The second kappa shape index (κ2) is 16.1. The lowest BCUT2D eigenvalue weighted by molar-refractivity contribution is -0.140. The summed E-state index contributed by atoms with van der Waals surface area (Å²) >= 11 is 9.93. The maximum atomic E-state index is 14.5. The van der Waals surface area contributed by atoms with Crippen LogP contribution in [0, 0.1) is 6.92 Å². The number of methoxy groups -OCH3 is 1. The topological polar surface area (TPSA) is 96.0 Å². The van der Waals surface area contributed by atoms with Crippen molar-refractivity contribution in [3.05, 3.63) is 123 Å². The van der Waals surface area contributed by atoms with Crippen molar-refractivity contribution in [2.24, 2.45) is 0 Å². The van der Waals surface area contributed by atoms with Gasteiger partial charge in [0.15, 0.2) is 0 Å². The van der Waals surface area contributed by atoms with Crippen LogP contribution in [-0.4, -0.2) is 51.4 Å². The molecule has 1 N–H and O–H groups in total. The number of nitrogens with zero attached hydrogens (tertiary/aromatic N) is 2. The molecule has 1 atom stereocenters. The van der Waals surface area contributed by atoms with Crippen LogP contribution in [0.5, 0.6) is 5.75 Å². The maximum absolute atomic E-state index is 14.5. The summed E-state index contributed by atoms with van der Waals surface area (Å²) in [6.07, 6.45) is 0.925. The highest BCUT2D eigenvalue weighted by molar-refractivity contribution is 9.10. The Morgan fingerprint density at radius 3 is 2.26 bits per heavy atom. The largest absolute Gasteiger partial charge is 0.496 e. The Morgan fingerprint density at radius 1 is 0.957 bits per heavy atom. The monoisotopic (exact) mass is 725 g/mol. The number of anilines is 1. The number of sulfonamides is 1. The molecule has 242 valence electrons. The van der Waals surface area contributed by atoms with Gasteiger partial charge in [-0.15, -0.1) is 0 Å². The third-order valence-corrected chi connectivity index (χ3v) is 10.2. The molecule has 46 heavy (non-hydrogen) atoms. The van der Waals surface area contributed by atoms with Gasteiger partial charge in [0.2, 0.25) is 11.8 Å². The van der Waals surface area contributed by atoms with E-state index in [9.17, 15) is 18.0 Å². The number of hydrogen-bond acceptors (Lipinski definition) is 5. The van der Waals surface area contributed by atoms with Crippen LogP contribution in [0.3, 0.4) is 0 Å². The summed E-state index contributed by atoms with van der Waals surface area (Å²) in [7, 11) is -2.78. The predicted octanol–water partition coefficient (Wildman–Crippen LogP) is 6.78. The minimum atomic E-state index is -4.27. The summed E-state index contributed by atoms with van der Waals surface area (Å²) in [6, 6.07) is 26.8. The minimum absolute atomic E-state index is 0.00851. The van der Waals surface area contributed by atoms with Gasteiger partial charge in [-0.05, 0) is 76.8 Å². The van der Waals surface area contributed by atoms with Crippen molar-refractivity contribution >= 4 is 55.1 Å². The van der Waals surface area contributed by atoms with Crippen LogP contribution in [0.4, 0.5) is 5.69 Å². The van der Waals surface area contributed by atoms with Gasteiger partial charge >= 0.3 is 0 Å². The third kappa shape index (κ3) is 8.69. The first-order valence-electron chi connectivity index (χ1n) is 14.8. The second-order valence-electron chi connectivity index (χ2n) is 10.8. The number of amides is 2. The Morgan fingerprint density at radius 2 is 1.63 bits per heavy atom. The van der Waals surface area contributed by atoms with E-state index < -0.39 is 28.5 Å². The molecule has 1 unspecified atom stereocenters. The first-order valence-corrected chi connectivity index (χ1v) is 17.4. The molecule has 0 bridgehead atoms. The summed E-state index contributed by atoms with van der Waals surface area (Å²) in [4.78, 5) is 29.7. The molecule has 11 heteroatoms. The molecule has 8 nitrogen and oxygen atoms in total. The highest BCUT2D eigenvalue weighted by atomic mass is 79.9. The van der Waals surface area contributed by atoms with Crippen molar-refractivity contribution in [1.29, 1.82) is 0 Å². The number of rotatable bonds is 14. The average molecular weight is 727 g/mol. The predicted molar refractivity (Wildman–Crippen MR) is 186 cm³/mol. The summed E-state index contributed by atoms with van der Waals surface area (Å²) in [5.41, 5.74) is 2.71. The molecule has 2 amide bonds. The number of carbonyl (C=O) groups is 2. The lowest BCUT2D eigenvalue weighted by Gasteiger charge is -2.34. The number of ether oxygens (including phenoxy) is 1. The van der Waals surface area contributed by atoms with Gasteiger partial charge in [-0.3, -0.25) is 13.9 Å². The molecule has 0 saturated carbocycles. The van der Waals surface area contributed by atoms with Crippen molar-refractivity contribution in [2.45, 2.75) is 44.2 Å². The lowest BCUT2D eigenvalue weighted by atomic mass is 10.0. The molecule has 0 radical (unpaired) electrons. The Labute approximate surface area is 284 Å². The van der Waals surface area contributed by atoms with E-state index in [1.807, 2.05) is 44.2 Å². The molecule has 0 aliphatic carbocycles. The van der Waals surface area contributed by atoms with Crippen LogP contribution >= 0.6 is 27.5 Å². The Bertz CT molecular complexity index is 1750. The number of benzene rings is 4. The van der Waals surface area contributed by atoms with Gasteiger partial charge in [0.05, 0.1) is 22.2 Å². The van der Waals surface area contributed by atoms with Gasteiger partial charge in [-0.2, -0.15) is 0 Å². The second-order valence-corrected chi connectivity index (χ2v) is 13.9. The van der Waals surface area contributed by atoms with E-state index >= 15 is 0 Å². The normalized spacial score (nSPS) is 11.8. The highest BCUT2D eigenvalue weighted by Gasteiger charge is 2.35. The Kier molecular flexibility index (Phi) is 12.3. The number of aryl methyl sites for hydroxylation is 1. The molecule has 4 aromatic rings. The highest BCUT2D eigenvalue weighted by Crippen LogP contribution is 2.31. The summed E-state index contributed by atoms with van der Waals surface area (Å²) in [5, 5.41) is 3.37. The smallest absolute Gasteiger partial charge is 0.264 e. The SMILES string of the molecule is CCCNC(=O)C(Cc1ccccc1)N(Cc1ccccc1Cl)C(=O)CN(c1ccc(C)cc1)S(=O)(=O)c1ccc(OC)c(Br)c1. The molecule has 0 fully saturated rings. The van der Waals surface area contributed by atoms with Crippen molar-refractivity contribution in [1.82, 2.24) is 10.2 Å². The fourth-order valence-corrected chi connectivity index (χ4v) is 7.23. The van der Waals surface area contributed by atoms with Crippen LogP contribution < -0.4 is 14.4 Å². The number of halogens is 2. The maximum Gasteiger partial charge on any atom is 0.264 e. The van der Waals surface area contributed by atoms with Crippen LogP contribution in [0.25, 0.3) is 0 Å². The van der Waals surface area contributed by atoms with E-state index in [0.29, 0.717) is 39.5 Å². The summed E-state index contributed by atoms with van der Waals surface area (Å²) in [6.45, 7) is 3.69. The van der Waals surface area contributed by atoms with Crippen molar-refractivity contribution < 1.29 is 22.7 Å². The van der Waals surface area contributed by atoms with E-state index in [-0.39, 0.29) is 23.8 Å². The van der Waals surface area contributed by atoms with Crippen molar-refractivity contribution in [3.63, 3.8) is 0 Å². The van der Waals surface area contributed by atoms with Crippen LogP contribution in [0.15, 0.2) is 106 Å². The Balaban J connectivity index is 1.81. The quantitative estimate of drug-likeness (QED) is 0.155. The van der Waals surface area contributed by atoms with Crippen LogP contribution in [0.2, 0.25) is 5.02 Å². The molecule has 0 saturated heterocycles. The molecular weight excluding hydrogens is 690 g/mol. The summed E-state index contributed by atoms with van der Waals surface area (Å²) in [5.74, 6) is -0.441. The number of nitrogens with one attached hydrogen (secondary N) is 1. The van der Waals surface area contributed by atoms with E-state index in [4.69, 9.17) is 16.3 Å². The molecule has 0 heterocycles. The molecule has 0 aliphatic heterocycles. The molecule has 0 spiro atoms. The van der Waals surface area contributed by atoms with E-state index in [2.05, 4.69) is 21.2 Å². The zero-order valence-electron chi connectivity index (χ0n) is 26.0. The number of hydrogen-bond donors (Lipinski definition) is 1. The van der Waals surface area contributed by atoms with Gasteiger partial charge in [-0.25, -0.2) is 8.42 Å². The first-order chi connectivity index (χ1) is 22.0. The fourth-order valence-electron chi connectivity index (χ4n) is 4.90. The molecule has 0 aliphatic rings. The molecular formula is C35H37BrClN3O5S. The lowest BCUT2D eigenvalue weighted by Crippen LogP contribution is -2.53. The van der Waals surface area contributed by atoms with E-state index in [0.717, 1.165) is 15.4 Å². The summed E-state index contributed by atoms with van der Waals surface area (Å²) < 4.78 is 35.4. The van der Waals surface area contributed by atoms with Crippen molar-refractivity contribution in [3.8, 4) is 5.75 Å². The van der Waals surface area contributed by atoms with Gasteiger partial charge < -0.3 is 15.0 Å². The van der Waals surface area contributed by atoms with Crippen LogP contribution in [0.1, 0.15) is 30.0 Å². The first kappa shape index (κ1) is 35.0. The van der Waals surface area contributed by atoms with Gasteiger partial charge in [-0.1, -0.05) is 84.8 Å². The molecule has 4 aromatic carbocycles. The third-order valence-electron chi connectivity index (χ3n) is 7.43. The average Bonchev–Trinajstić information content (AvgIpc) is 3.05. The Hall–Kier alpha value is -3.86. The fraction of sp³-hybridized carbons (Fsp3) is 0.257. The van der Waals surface area contributed by atoms with E-state index in [1.54, 1.807) is 54.6 Å².